The second-order valence-corrected chi connectivity index (χ2v) is 3.40. The summed E-state index contributed by atoms with van der Waals surface area (Å²) in [5, 5.41) is 18.5. The summed E-state index contributed by atoms with van der Waals surface area (Å²) in [4.78, 5) is 0. The summed E-state index contributed by atoms with van der Waals surface area (Å²) in [6.07, 6.45) is 2.03. The zero-order chi connectivity index (χ0) is 8.85. The van der Waals surface area contributed by atoms with E-state index in [0.717, 1.165) is 12.8 Å². The normalized spacial score (nSPS) is 19.4. The van der Waals surface area contributed by atoms with E-state index < -0.39 is 0 Å². The Morgan fingerprint density at radius 3 is 2.09 bits per heavy atom. The first-order valence-corrected chi connectivity index (χ1v) is 4.44. The molecule has 2 nitrogen and oxygen atoms in total. The van der Waals surface area contributed by atoms with E-state index in [1.165, 1.54) is 0 Å². The lowest BCUT2D eigenvalue weighted by atomic mass is 9.97. The first-order chi connectivity index (χ1) is 5.07. The van der Waals surface area contributed by atoms with Crippen LogP contribution in [0.25, 0.3) is 0 Å². The van der Waals surface area contributed by atoms with Crippen LogP contribution in [0.5, 0.6) is 0 Å². The summed E-state index contributed by atoms with van der Waals surface area (Å²) in [6.45, 7) is 5.78. The molecule has 0 amide bonds. The maximum Gasteiger partial charge on any atom is 0.0543 e. The number of aliphatic hydroxyl groups excluding tert-OH is 2. The highest BCUT2D eigenvalue weighted by atomic mass is 16.3. The van der Waals surface area contributed by atoms with Crippen LogP contribution in [0.4, 0.5) is 0 Å². The molecule has 0 aromatic carbocycles. The van der Waals surface area contributed by atoms with Crippen LogP contribution in [0, 0.1) is 5.92 Å². The van der Waals surface area contributed by atoms with E-state index in [-0.39, 0.29) is 18.1 Å². The molecule has 0 fully saturated rings. The van der Waals surface area contributed by atoms with Crippen LogP contribution in [0.2, 0.25) is 0 Å². The van der Waals surface area contributed by atoms with Gasteiger partial charge in [-0.25, -0.2) is 0 Å². The fourth-order valence-corrected chi connectivity index (χ4v) is 1.08. The van der Waals surface area contributed by atoms with Gasteiger partial charge in [-0.05, 0) is 25.7 Å². The minimum absolute atomic E-state index is 0.205. The predicted octanol–water partition coefficient (Wildman–Crippen LogP) is 1.55. The first-order valence-electron chi connectivity index (χ1n) is 4.44. The van der Waals surface area contributed by atoms with Crippen LogP contribution in [-0.4, -0.2) is 22.4 Å². The highest BCUT2D eigenvalue weighted by molar-refractivity contribution is 4.64. The van der Waals surface area contributed by atoms with Crippen molar-refractivity contribution in [2.24, 2.45) is 5.92 Å². The van der Waals surface area contributed by atoms with Gasteiger partial charge >= 0.3 is 0 Å². The third-order valence-electron chi connectivity index (χ3n) is 2.09. The smallest absolute Gasteiger partial charge is 0.0543 e. The van der Waals surface area contributed by atoms with Crippen LogP contribution >= 0.6 is 0 Å². The number of rotatable bonds is 5. The SMILES string of the molecule is CCCC(O)CC(C)C(C)O. The molecule has 3 unspecified atom stereocenters. The molecule has 3 atom stereocenters. The van der Waals surface area contributed by atoms with Crippen molar-refractivity contribution in [3.8, 4) is 0 Å². The van der Waals surface area contributed by atoms with Gasteiger partial charge in [0.2, 0.25) is 0 Å². The van der Waals surface area contributed by atoms with E-state index in [1.807, 2.05) is 6.92 Å². The Hall–Kier alpha value is -0.0800. The van der Waals surface area contributed by atoms with E-state index in [2.05, 4.69) is 6.92 Å². The molecular formula is C9H20O2. The first kappa shape index (κ1) is 10.9. The van der Waals surface area contributed by atoms with Crippen LogP contribution < -0.4 is 0 Å². The summed E-state index contributed by atoms with van der Waals surface area (Å²) < 4.78 is 0. The summed E-state index contributed by atoms with van der Waals surface area (Å²) in [6, 6.07) is 0. The lowest BCUT2D eigenvalue weighted by molar-refractivity contribution is 0.0757. The zero-order valence-corrected chi connectivity index (χ0v) is 7.75. The van der Waals surface area contributed by atoms with Crippen LogP contribution in [0.3, 0.4) is 0 Å². The van der Waals surface area contributed by atoms with Crippen LogP contribution in [0.1, 0.15) is 40.0 Å². The molecule has 0 saturated heterocycles. The summed E-state index contributed by atoms with van der Waals surface area (Å²) >= 11 is 0. The minimum atomic E-state index is -0.304. The van der Waals surface area contributed by atoms with E-state index >= 15 is 0 Å². The Bertz CT molecular complexity index is 91.6. The molecule has 0 aliphatic carbocycles. The molecule has 0 aliphatic rings. The topological polar surface area (TPSA) is 40.5 Å². The van der Waals surface area contributed by atoms with Gasteiger partial charge in [-0.2, -0.15) is 0 Å². The van der Waals surface area contributed by atoms with Crippen molar-refractivity contribution < 1.29 is 10.2 Å². The molecule has 0 rings (SSSR count). The molecular weight excluding hydrogens is 140 g/mol. The summed E-state index contributed by atoms with van der Waals surface area (Å²) in [5.41, 5.74) is 0. The lowest BCUT2D eigenvalue weighted by Crippen LogP contribution is -2.19. The predicted molar refractivity (Wildman–Crippen MR) is 46.4 cm³/mol. The standard InChI is InChI=1S/C9H20O2/c1-4-5-9(11)6-7(2)8(3)10/h7-11H,4-6H2,1-3H3. The fourth-order valence-electron chi connectivity index (χ4n) is 1.08. The maximum atomic E-state index is 9.36. The van der Waals surface area contributed by atoms with Crippen LogP contribution in [0.15, 0.2) is 0 Å². The van der Waals surface area contributed by atoms with E-state index in [0.29, 0.717) is 6.42 Å². The second-order valence-electron chi connectivity index (χ2n) is 3.40. The minimum Gasteiger partial charge on any atom is -0.393 e. The van der Waals surface area contributed by atoms with Crippen molar-refractivity contribution in [1.29, 1.82) is 0 Å². The molecule has 2 heteroatoms. The Labute approximate surface area is 69.2 Å². The van der Waals surface area contributed by atoms with Crippen molar-refractivity contribution in [1.82, 2.24) is 0 Å². The van der Waals surface area contributed by atoms with E-state index in [1.54, 1.807) is 6.92 Å². The average Bonchev–Trinajstić information content (AvgIpc) is 1.87. The monoisotopic (exact) mass is 160 g/mol. The van der Waals surface area contributed by atoms with Gasteiger partial charge in [0, 0.05) is 0 Å². The Morgan fingerprint density at radius 2 is 1.73 bits per heavy atom. The van der Waals surface area contributed by atoms with Gasteiger partial charge < -0.3 is 10.2 Å². The second kappa shape index (κ2) is 5.56. The van der Waals surface area contributed by atoms with Gasteiger partial charge in [0.1, 0.15) is 0 Å². The molecule has 0 heterocycles. The van der Waals surface area contributed by atoms with Gasteiger partial charge in [0.25, 0.3) is 0 Å². The fraction of sp³-hybridized carbons (Fsp3) is 1.00. The zero-order valence-electron chi connectivity index (χ0n) is 7.75. The third kappa shape index (κ3) is 5.22. The number of aliphatic hydroxyl groups is 2. The van der Waals surface area contributed by atoms with Crippen molar-refractivity contribution in [3.05, 3.63) is 0 Å². The third-order valence-corrected chi connectivity index (χ3v) is 2.09. The molecule has 0 radical (unpaired) electrons. The molecule has 0 saturated carbocycles. The molecule has 0 aromatic rings. The molecule has 68 valence electrons. The molecule has 2 N–H and O–H groups in total. The summed E-state index contributed by atoms with van der Waals surface area (Å²) in [5.74, 6) is 0.205. The van der Waals surface area contributed by atoms with Crippen molar-refractivity contribution in [2.45, 2.75) is 52.2 Å². The molecule has 0 aliphatic heterocycles. The quantitative estimate of drug-likeness (QED) is 0.640. The highest BCUT2D eigenvalue weighted by Gasteiger charge is 2.13. The van der Waals surface area contributed by atoms with Crippen molar-refractivity contribution >= 4 is 0 Å². The highest BCUT2D eigenvalue weighted by Crippen LogP contribution is 2.13. The van der Waals surface area contributed by atoms with Gasteiger partial charge in [0.05, 0.1) is 12.2 Å². The van der Waals surface area contributed by atoms with E-state index in [9.17, 15) is 5.11 Å². The van der Waals surface area contributed by atoms with Crippen molar-refractivity contribution in [3.63, 3.8) is 0 Å². The Morgan fingerprint density at radius 1 is 1.18 bits per heavy atom. The van der Waals surface area contributed by atoms with Crippen LogP contribution in [-0.2, 0) is 0 Å². The van der Waals surface area contributed by atoms with Gasteiger partial charge in [-0.1, -0.05) is 20.3 Å². The van der Waals surface area contributed by atoms with E-state index in [4.69, 9.17) is 5.11 Å². The lowest BCUT2D eigenvalue weighted by Gasteiger charge is -2.17. The van der Waals surface area contributed by atoms with Crippen molar-refractivity contribution in [2.75, 3.05) is 0 Å². The van der Waals surface area contributed by atoms with Gasteiger partial charge in [0.15, 0.2) is 0 Å². The molecule has 0 spiro atoms. The largest absolute Gasteiger partial charge is 0.393 e. The maximum absolute atomic E-state index is 9.36. The number of hydrogen-bond donors (Lipinski definition) is 2. The van der Waals surface area contributed by atoms with Gasteiger partial charge in [-0.3, -0.25) is 0 Å². The molecule has 0 bridgehead atoms. The Balaban J connectivity index is 3.48. The molecule has 11 heavy (non-hydrogen) atoms. The molecule has 0 aromatic heterocycles. The Kier molecular flexibility index (Phi) is 5.51. The van der Waals surface area contributed by atoms with Gasteiger partial charge in [-0.15, -0.1) is 0 Å². The number of hydrogen-bond acceptors (Lipinski definition) is 2. The summed E-state index contributed by atoms with van der Waals surface area (Å²) in [7, 11) is 0. The average molecular weight is 160 g/mol.